The van der Waals surface area contributed by atoms with E-state index in [2.05, 4.69) is 47.8 Å². The molecule has 0 spiro atoms. The van der Waals surface area contributed by atoms with Gasteiger partial charge in [-0.1, -0.05) is 23.2 Å². The van der Waals surface area contributed by atoms with Gasteiger partial charge < -0.3 is 20.9 Å². The molecule has 44 heavy (non-hydrogen) atoms. The molecule has 4 heterocycles. The summed E-state index contributed by atoms with van der Waals surface area (Å²) in [7, 11) is 6.36. The zero-order chi connectivity index (χ0) is 33.2. The van der Waals surface area contributed by atoms with Crippen molar-refractivity contribution in [3.05, 3.63) is 97.6 Å². The van der Waals surface area contributed by atoms with Gasteiger partial charge in [-0.3, -0.25) is 9.59 Å². The highest BCUT2D eigenvalue weighted by Crippen LogP contribution is 2.37. The van der Waals surface area contributed by atoms with Crippen LogP contribution in [0.4, 0.5) is 30.2 Å². The van der Waals surface area contributed by atoms with Crippen LogP contribution in [0.25, 0.3) is 0 Å². The fourth-order valence-corrected chi connectivity index (χ4v) is 4.01. The molecule has 0 unspecified atom stereocenters. The Morgan fingerprint density at radius 2 is 1.36 bits per heavy atom. The first-order valence-electron chi connectivity index (χ1n) is 12.4. The van der Waals surface area contributed by atoms with Crippen LogP contribution in [0.2, 0.25) is 10.3 Å². The number of nitrogen functional groups attached to an aromatic ring is 1. The standard InChI is InChI=1S/C14H12ClF3N4O.C8H11N3O.C6H5ClIN/c1-22(2)13(23)12-9(4-3-5-19-12)21-10-6-11(15)20-7-8(10)14(16,17)18;1-11(2)8(12)7-6(9)4-3-5-10-7;1-4-3-9-6(7)2-5(4)8/h3-7H,1-2H3,(H,20,21);3-5H,9H2,1-2H3;2-3H,1H3. The predicted octanol–water partition coefficient (Wildman–Crippen LogP) is 6.61. The number of anilines is 3. The second-order valence-electron chi connectivity index (χ2n) is 9.17. The molecule has 0 saturated carbocycles. The Morgan fingerprint density at radius 3 is 1.89 bits per heavy atom. The molecule has 10 nitrogen and oxygen atoms in total. The number of nitrogens with two attached hydrogens (primary N) is 1. The zero-order valence-corrected chi connectivity index (χ0v) is 27.8. The van der Waals surface area contributed by atoms with Crippen molar-refractivity contribution in [2.24, 2.45) is 0 Å². The van der Waals surface area contributed by atoms with Crippen molar-refractivity contribution in [1.82, 2.24) is 29.7 Å². The number of amides is 2. The number of alkyl halides is 3. The Balaban J connectivity index is 0.000000266. The lowest BCUT2D eigenvalue weighted by Gasteiger charge is -2.17. The molecule has 4 rings (SSSR count). The quantitative estimate of drug-likeness (QED) is 0.176. The third kappa shape index (κ3) is 10.7. The molecule has 0 aliphatic carbocycles. The summed E-state index contributed by atoms with van der Waals surface area (Å²) in [6.45, 7) is 2.01. The van der Waals surface area contributed by atoms with Gasteiger partial charge in [0.15, 0.2) is 11.4 Å². The van der Waals surface area contributed by atoms with Crippen LogP contribution in [-0.4, -0.2) is 69.7 Å². The molecule has 3 N–H and O–H groups in total. The summed E-state index contributed by atoms with van der Waals surface area (Å²) in [4.78, 5) is 41.3. The summed E-state index contributed by atoms with van der Waals surface area (Å²) >= 11 is 13.5. The van der Waals surface area contributed by atoms with E-state index in [0.29, 0.717) is 22.7 Å². The lowest BCUT2D eigenvalue weighted by molar-refractivity contribution is -0.137. The fourth-order valence-electron chi connectivity index (χ4n) is 3.08. The molecule has 0 aromatic carbocycles. The molecule has 16 heteroatoms. The number of pyridine rings is 4. The largest absolute Gasteiger partial charge is 0.419 e. The van der Waals surface area contributed by atoms with Gasteiger partial charge in [-0.25, -0.2) is 19.9 Å². The van der Waals surface area contributed by atoms with Gasteiger partial charge in [0.25, 0.3) is 11.8 Å². The van der Waals surface area contributed by atoms with E-state index in [1.807, 2.05) is 13.0 Å². The molecule has 0 fully saturated rings. The Morgan fingerprint density at radius 1 is 0.841 bits per heavy atom. The first-order chi connectivity index (χ1) is 20.5. The van der Waals surface area contributed by atoms with Gasteiger partial charge in [0.2, 0.25) is 0 Å². The minimum absolute atomic E-state index is 0.00133. The van der Waals surface area contributed by atoms with E-state index >= 15 is 0 Å². The molecule has 0 atom stereocenters. The molecule has 2 amide bonds. The maximum absolute atomic E-state index is 13.1. The van der Waals surface area contributed by atoms with E-state index in [0.717, 1.165) is 9.64 Å². The van der Waals surface area contributed by atoms with Crippen LogP contribution < -0.4 is 11.1 Å². The maximum atomic E-state index is 13.1. The average Bonchev–Trinajstić information content (AvgIpc) is 2.95. The summed E-state index contributed by atoms with van der Waals surface area (Å²) < 4.78 is 40.3. The minimum Gasteiger partial charge on any atom is -0.397 e. The number of nitrogens with one attached hydrogen (secondary N) is 1. The number of carbonyl (C=O) groups is 2. The second kappa shape index (κ2) is 16.4. The highest BCUT2D eigenvalue weighted by atomic mass is 127. The van der Waals surface area contributed by atoms with Crippen LogP contribution in [0.3, 0.4) is 0 Å². The smallest absolute Gasteiger partial charge is 0.397 e. The van der Waals surface area contributed by atoms with Crippen molar-refractivity contribution in [3.63, 3.8) is 0 Å². The summed E-state index contributed by atoms with van der Waals surface area (Å²) in [6, 6.07) is 9.20. The third-order valence-corrected chi connectivity index (χ3v) is 6.89. The number of hydrogen-bond donors (Lipinski definition) is 2. The van der Waals surface area contributed by atoms with Crippen LogP contribution >= 0.6 is 45.8 Å². The number of aryl methyl sites for hydroxylation is 1. The topological polar surface area (TPSA) is 130 Å². The lowest BCUT2D eigenvalue weighted by Crippen LogP contribution is -2.24. The number of nitrogens with zero attached hydrogens (tertiary/aromatic N) is 6. The number of rotatable bonds is 4. The zero-order valence-electron chi connectivity index (χ0n) is 24.1. The molecule has 4 aromatic heterocycles. The molecule has 0 radical (unpaired) electrons. The van der Waals surface area contributed by atoms with Crippen LogP contribution in [0.1, 0.15) is 32.1 Å². The Hall–Kier alpha value is -3.76. The number of aromatic nitrogens is 4. The SMILES string of the molecule is CN(C)C(=O)c1ncccc1N.CN(C)C(=O)c1ncccc1Nc1cc(Cl)ncc1C(F)(F)F.Cc1cnc(Cl)cc1I. The maximum Gasteiger partial charge on any atom is 0.419 e. The second-order valence-corrected chi connectivity index (χ2v) is 11.1. The first kappa shape index (κ1) is 36.4. The third-order valence-electron chi connectivity index (χ3n) is 5.31. The van der Waals surface area contributed by atoms with E-state index in [1.54, 1.807) is 38.6 Å². The first-order valence-corrected chi connectivity index (χ1v) is 14.2. The number of halogens is 6. The Labute approximate surface area is 276 Å². The molecule has 0 saturated heterocycles. The van der Waals surface area contributed by atoms with Gasteiger partial charge >= 0.3 is 6.18 Å². The van der Waals surface area contributed by atoms with Gasteiger partial charge in [-0.2, -0.15) is 13.2 Å². The van der Waals surface area contributed by atoms with Crippen molar-refractivity contribution in [2.45, 2.75) is 13.1 Å². The van der Waals surface area contributed by atoms with Crippen molar-refractivity contribution in [3.8, 4) is 0 Å². The Kier molecular flexibility index (Phi) is 13.5. The van der Waals surface area contributed by atoms with Gasteiger partial charge in [-0.15, -0.1) is 0 Å². The molecule has 4 aromatic rings. The van der Waals surface area contributed by atoms with Gasteiger partial charge in [0.05, 0.1) is 22.6 Å². The van der Waals surface area contributed by atoms with E-state index in [4.69, 9.17) is 28.9 Å². The highest BCUT2D eigenvalue weighted by Gasteiger charge is 2.34. The van der Waals surface area contributed by atoms with Crippen LogP contribution in [0.5, 0.6) is 0 Å². The van der Waals surface area contributed by atoms with Crippen molar-refractivity contribution < 1.29 is 22.8 Å². The molecular formula is C28H28Cl2F3IN8O2. The van der Waals surface area contributed by atoms with E-state index < -0.39 is 17.6 Å². The van der Waals surface area contributed by atoms with Gasteiger partial charge in [0.1, 0.15) is 10.3 Å². The van der Waals surface area contributed by atoms with Crippen molar-refractivity contribution in [1.29, 1.82) is 0 Å². The molecule has 0 aliphatic rings. The average molecular weight is 763 g/mol. The summed E-state index contributed by atoms with van der Waals surface area (Å²) in [5.74, 6) is -0.616. The predicted molar refractivity (Wildman–Crippen MR) is 173 cm³/mol. The number of hydrogen-bond acceptors (Lipinski definition) is 8. The highest BCUT2D eigenvalue weighted by molar-refractivity contribution is 14.1. The number of carbonyl (C=O) groups excluding carboxylic acids is 2. The Bertz CT molecular complexity index is 1610. The lowest BCUT2D eigenvalue weighted by atomic mass is 10.2. The molecule has 0 bridgehead atoms. The fraction of sp³-hybridized carbons (Fsp3) is 0.214. The van der Waals surface area contributed by atoms with E-state index in [-0.39, 0.29) is 28.1 Å². The normalized spacial score (nSPS) is 10.4. The molecular weight excluding hydrogens is 735 g/mol. The van der Waals surface area contributed by atoms with Crippen LogP contribution in [0, 0.1) is 10.5 Å². The summed E-state index contributed by atoms with van der Waals surface area (Å²) in [5, 5.41) is 3.02. The summed E-state index contributed by atoms with van der Waals surface area (Å²) in [6.07, 6.45) is 0.714. The molecule has 234 valence electrons. The van der Waals surface area contributed by atoms with Crippen molar-refractivity contribution in [2.75, 3.05) is 39.2 Å². The van der Waals surface area contributed by atoms with Gasteiger partial charge in [-0.05, 0) is 71.5 Å². The minimum atomic E-state index is -4.62. The van der Waals surface area contributed by atoms with Gasteiger partial charge in [0, 0.05) is 56.5 Å². The van der Waals surface area contributed by atoms with Crippen molar-refractivity contribution >= 4 is 74.7 Å². The van der Waals surface area contributed by atoms with Crippen LogP contribution in [0.15, 0.2) is 61.2 Å². The monoisotopic (exact) mass is 762 g/mol. The van der Waals surface area contributed by atoms with E-state index in [1.165, 1.54) is 47.8 Å². The summed E-state index contributed by atoms with van der Waals surface area (Å²) in [5.41, 5.74) is 6.27. The van der Waals surface area contributed by atoms with E-state index in [9.17, 15) is 22.8 Å². The van der Waals surface area contributed by atoms with Crippen LogP contribution in [-0.2, 0) is 6.18 Å². The molecule has 0 aliphatic heterocycles.